The van der Waals surface area contributed by atoms with Crippen LogP contribution in [0.4, 0.5) is 14.5 Å². The molecule has 1 unspecified atom stereocenters. The first-order valence-electron chi connectivity index (χ1n) is 7.68. The zero-order chi connectivity index (χ0) is 18.7. The number of nitrogens with one attached hydrogen (secondary N) is 2. The van der Waals surface area contributed by atoms with Crippen LogP contribution in [-0.4, -0.2) is 23.2 Å². The van der Waals surface area contributed by atoms with Crippen LogP contribution >= 0.6 is 0 Å². The first kappa shape index (κ1) is 17.6. The number of carbonyl (C=O) groups excluding carboxylic acids is 1. The van der Waals surface area contributed by atoms with Crippen LogP contribution in [0.2, 0.25) is 0 Å². The van der Waals surface area contributed by atoms with Gasteiger partial charge in [0.2, 0.25) is 5.91 Å². The Balaban J connectivity index is 1.85. The highest BCUT2D eigenvalue weighted by molar-refractivity contribution is 5.96. The Morgan fingerprint density at radius 3 is 2.62 bits per heavy atom. The average Bonchev–Trinajstić information content (AvgIpc) is 3.17. The number of aromatic amines is 1. The number of anilines is 1. The molecule has 0 fully saturated rings. The van der Waals surface area contributed by atoms with Crippen LogP contribution in [0.1, 0.15) is 11.6 Å². The Morgan fingerprint density at radius 1 is 1.27 bits per heavy atom. The van der Waals surface area contributed by atoms with Gasteiger partial charge in [-0.25, -0.2) is 8.78 Å². The molecule has 8 heteroatoms. The molecule has 0 aliphatic rings. The summed E-state index contributed by atoms with van der Waals surface area (Å²) in [5, 5.41) is 8.90. The second-order valence-corrected chi connectivity index (χ2v) is 5.54. The molecule has 4 N–H and O–H groups in total. The summed E-state index contributed by atoms with van der Waals surface area (Å²) in [6.07, 6.45) is 3.12. The predicted molar refractivity (Wildman–Crippen MR) is 92.5 cm³/mol. The molecule has 3 rings (SSSR count). The van der Waals surface area contributed by atoms with E-state index in [0.717, 1.165) is 0 Å². The molecule has 1 atom stereocenters. The van der Waals surface area contributed by atoms with Crippen molar-refractivity contribution in [1.29, 1.82) is 0 Å². The third kappa shape index (κ3) is 3.55. The van der Waals surface area contributed by atoms with Crippen molar-refractivity contribution in [2.75, 3.05) is 12.4 Å². The second kappa shape index (κ2) is 7.32. The Bertz CT molecular complexity index is 912. The molecule has 0 saturated heterocycles. The maximum absolute atomic E-state index is 14.4. The van der Waals surface area contributed by atoms with Crippen LogP contribution in [0.3, 0.4) is 0 Å². The molecule has 0 spiro atoms. The zero-order valence-electron chi connectivity index (χ0n) is 13.8. The molecule has 3 aromatic rings. The minimum Gasteiger partial charge on any atom is -0.496 e. The first-order chi connectivity index (χ1) is 12.5. The Kier molecular flexibility index (Phi) is 4.94. The molecule has 134 valence electrons. The van der Waals surface area contributed by atoms with Crippen LogP contribution in [0.5, 0.6) is 5.75 Å². The van der Waals surface area contributed by atoms with Crippen LogP contribution in [-0.2, 0) is 4.79 Å². The van der Waals surface area contributed by atoms with Gasteiger partial charge in [0.1, 0.15) is 23.4 Å². The largest absolute Gasteiger partial charge is 0.496 e. The Morgan fingerprint density at radius 2 is 2.00 bits per heavy atom. The van der Waals surface area contributed by atoms with Crippen molar-refractivity contribution in [2.24, 2.45) is 5.73 Å². The van der Waals surface area contributed by atoms with Crippen molar-refractivity contribution in [3.8, 4) is 16.9 Å². The lowest BCUT2D eigenvalue weighted by atomic mass is 10.1. The molecule has 0 aliphatic carbocycles. The van der Waals surface area contributed by atoms with Crippen molar-refractivity contribution >= 4 is 11.6 Å². The van der Waals surface area contributed by atoms with Gasteiger partial charge in [-0.2, -0.15) is 5.10 Å². The number of rotatable bonds is 5. The number of hydrogen-bond acceptors (Lipinski definition) is 4. The summed E-state index contributed by atoms with van der Waals surface area (Å²) in [4.78, 5) is 12.3. The molecule has 2 aromatic carbocycles. The maximum atomic E-state index is 14.4. The van der Waals surface area contributed by atoms with E-state index >= 15 is 0 Å². The SMILES string of the molecule is COc1cc(NC(=O)C(N)c2ccc(F)cc2)c(F)cc1-c1cn[nH]c1. The lowest BCUT2D eigenvalue weighted by Crippen LogP contribution is -2.28. The minimum atomic E-state index is -1.07. The molecule has 1 amide bonds. The summed E-state index contributed by atoms with van der Waals surface area (Å²) in [5.74, 6) is -1.36. The lowest BCUT2D eigenvalue weighted by Gasteiger charge is -2.15. The lowest BCUT2D eigenvalue weighted by molar-refractivity contribution is -0.117. The van der Waals surface area contributed by atoms with E-state index in [2.05, 4.69) is 15.5 Å². The maximum Gasteiger partial charge on any atom is 0.245 e. The van der Waals surface area contributed by atoms with Crippen molar-refractivity contribution < 1.29 is 18.3 Å². The highest BCUT2D eigenvalue weighted by Crippen LogP contribution is 2.34. The first-order valence-corrected chi connectivity index (χ1v) is 7.68. The van der Waals surface area contributed by atoms with Gasteiger partial charge >= 0.3 is 0 Å². The number of ether oxygens (including phenoxy) is 1. The van der Waals surface area contributed by atoms with Crippen LogP contribution in [0.25, 0.3) is 11.1 Å². The van der Waals surface area contributed by atoms with Crippen molar-refractivity contribution in [3.05, 3.63) is 66.0 Å². The zero-order valence-corrected chi connectivity index (χ0v) is 13.8. The molecular weight excluding hydrogens is 342 g/mol. The van der Waals surface area contributed by atoms with Gasteiger partial charge in [0.25, 0.3) is 0 Å². The second-order valence-electron chi connectivity index (χ2n) is 5.54. The summed E-state index contributed by atoms with van der Waals surface area (Å²) < 4.78 is 32.7. The summed E-state index contributed by atoms with van der Waals surface area (Å²) in [7, 11) is 1.44. The van der Waals surface area contributed by atoms with Gasteiger partial charge in [0, 0.05) is 23.4 Å². The van der Waals surface area contributed by atoms with E-state index in [1.165, 1.54) is 49.7 Å². The van der Waals surface area contributed by atoms with Crippen molar-refractivity contribution in [2.45, 2.75) is 6.04 Å². The number of nitrogens with two attached hydrogens (primary N) is 1. The summed E-state index contributed by atoms with van der Waals surface area (Å²) in [5.41, 5.74) is 7.33. The number of hydrogen-bond donors (Lipinski definition) is 3. The van der Waals surface area contributed by atoms with E-state index in [9.17, 15) is 13.6 Å². The predicted octanol–water partition coefficient (Wildman–Crippen LogP) is 3.00. The standard InChI is InChI=1S/C18H16F2N4O2/c1-26-16-7-15(14(20)6-13(16)11-8-22-23-9-11)24-18(25)17(21)10-2-4-12(19)5-3-10/h2-9,17H,21H2,1H3,(H,22,23)(H,24,25). The number of carbonyl (C=O) groups is 1. The van der Waals surface area contributed by atoms with Crippen LogP contribution < -0.4 is 15.8 Å². The highest BCUT2D eigenvalue weighted by Gasteiger charge is 2.19. The molecule has 0 bridgehead atoms. The topological polar surface area (TPSA) is 93.0 Å². The fourth-order valence-corrected chi connectivity index (χ4v) is 2.47. The monoisotopic (exact) mass is 358 g/mol. The summed E-state index contributed by atoms with van der Waals surface area (Å²) >= 11 is 0. The van der Waals surface area contributed by atoms with Crippen molar-refractivity contribution in [3.63, 3.8) is 0 Å². The summed E-state index contributed by atoms with van der Waals surface area (Å²) in [6.45, 7) is 0. The van der Waals surface area contributed by atoms with Crippen molar-refractivity contribution in [1.82, 2.24) is 10.2 Å². The molecule has 0 aliphatic heterocycles. The third-order valence-electron chi connectivity index (χ3n) is 3.87. The summed E-state index contributed by atoms with van der Waals surface area (Å²) in [6, 6.07) is 6.74. The van der Waals surface area contributed by atoms with Gasteiger partial charge in [0.05, 0.1) is 19.0 Å². The molecular formula is C18H16F2N4O2. The van der Waals surface area contributed by atoms with E-state index in [1.807, 2.05) is 0 Å². The molecule has 26 heavy (non-hydrogen) atoms. The van der Waals surface area contributed by atoms with Gasteiger partial charge in [-0.3, -0.25) is 9.89 Å². The van der Waals surface area contributed by atoms with E-state index in [4.69, 9.17) is 10.5 Å². The van der Waals surface area contributed by atoms with Gasteiger partial charge < -0.3 is 15.8 Å². The molecule has 1 heterocycles. The number of halogens is 2. The fraction of sp³-hybridized carbons (Fsp3) is 0.111. The molecule has 1 aromatic heterocycles. The molecule has 6 nitrogen and oxygen atoms in total. The number of H-pyrrole nitrogens is 1. The number of nitrogens with zero attached hydrogens (tertiary/aromatic N) is 1. The Hall–Kier alpha value is -3.26. The van der Waals surface area contributed by atoms with Gasteiger partial charge in [-0.05, 0) is 23.8 Å². The quantitative estimate of drug-likeness (QED) is 0.654. The van der Waals surface area contributed by atoms with Crippen LogP contribution in [0.15, 0.2) is 48.8 Å². The average molecular weight is 358 g/mol. The number of amides is 1. The fourth-order valence-electron chi connectivity index (χ4n) is 2.47. The van der Waals surface area contributed by atoms with E-state index in [1.54, 1.807) is 6.20 Å². The molecule has 0 saturated carbocycles. The van der Waals surface area contributed by atoms with Gasteiger partial charge in [0.15, 0.2) is 0 Å². The van der Waals surface area contributed by atoms with Gasteiger partial charge in [-0.15, -0.1) is 0 Å². The Labute approximate surface area is 148 Å². The third-order valence-corrected chi connectivity index (χ3v) is 3.87. The minimum absolute atomic E-state index is 0.0725. The molecule has 0 radical (unpaired) electrons. The normalized spacial score (nSPS) is 11.8. The number of benzene rings is 2. The van der Waals surface area contributed by atoms with E-state index in [-0.39, 0.29) is 5.69 Å². The van der Waals surface area contributed by atoms with E-state index < -0.39 is 23.6 Å². The smallest absolute Gasteiger partial charge is 0.245 e. The van der Waals surface area contributed by atoms with Gasteiger partial charge in [-0.1, -0.05) is 12.1 Å². The number of aromatic nitrogens is 2. The van der Waals surface area contributed by atoms with E-state index in [0.29, 0.717) is 22.4 Å². The number of methoxy groups -OCH3 is 1. The highest BCUT2D eigenvalue weighted by atomic mass is 19.1. The van der Waals surface area contributed by atoms with Crippen LogP contribution in [0, 0.1) is 11.6 Å².